The summed E-state index contributed by atoms with van der Waals surface area (Å²) in [6.45, 7) is 3.32. The fourth-order valence-corrected chi connectivity index (χ4v) is 7.65. The Balaban J connectivity index is 1.30. The third-order valence-electron chi connectivity index (χ3n) is 9.34. The summed E-state index contributed by atoms with van der Waals surface area (Å²) in [7, 11) is -1.03. The summed E-state index contributed by atoms with van der Waals surface area (Å²) in [5, 5.41) is 17.3. The number of benzene rings is 3. The lowest BCUT2D eigenvalue weighted by molar-refractivity contribution is -0.274. The molecule has 2 aromatic heterocycles. The number of imidazole rings is 1. The van der Waals surface area contributed by atoms with E-state index in [0.29, 0.717) is 35.8 Å². The molecule has 1 N–H and O–H groups in total. The lowest BCUT2D eigenvalue weighted by Crippen LogP contribution is -2.42. The Bertz CT molecular complexity index is 1960. The second-order valence-electron chi connectivity index (χ2n) is 12.5. The van der Waals surface area contributed by atoms with Gasteiger partial charge in [0.05, 0.1) is 28.4 Å². The molecule has 2 fully saturated rings. The second-order valence-corrected chi connectivity index (χ2v) is 15.8. The average Bonchev–Trinajstić information content (AvgIpc) is 3.64. The number of rotatable bonds is 8. The van der Waals surface area contributed by atoms with Gasteiger partial charge in [0, 0.05) is 60.1 Å². The maximum Gasteiger partial charge on any atom is 0.573 e. The summed E-state index contributed by atoms with van der Waals surface area (Å²) in [5.74, 6) is 0.155. The molecule has 7 rings (SSSR count). The maximum atomic E-state index is 13.6. The van der Waals surface area contributed by atoms with Crippen LogP contribution in [-0.2, 0) is 17.2 Å². The lowest BCUT2D eigenvalue weighted by Gasteiger charge is -2.44. The summed E-state index contributed by atoms with van der Waals surface area (Å²) in [6, 6.07) is 19.9. The van der Waals surface area contributed by atoms with E-state index in [1.165, 1.54) is 12.1 Å². The van der Waals surface area contributed by atoms with E-state index in [2.05, 4.69) is 4.74 Å². The van der Waals surface area contributed by atoms with Crippen LogP contribution < -0.4 is 10.0 Å². The molecule has 7 nitrogen and oxygen atoms in total. The number of aromatic nitrogens is 4. The summed E-state index contributed by atoms with van der Waals surface area (Å²) in [4.78, 5) is 4.98. The van der Waals surface area contributed by atoms with Crippen LogP contribution in [0.5, 0.6) is 5.75 Å². The summed E-state index contributed by atoms with van der Waals surface area (Å²) < 4.78 is 62.2. The first-order valence-electron chi connectivity index (χ1n) is 15.2. The van der Waals surface area contributed by atoms with Crippen molar-refractivity contribution in [2.45, 2.75) is 56.5 Å². The van der Waals surface area contributed by atoms with Gasteiger partial charge in [0.15, 0.2) is 0 Å². The van der Waals surface area contributed by atoms with E-state index < -0.39 is 24.9 Å². The molecular formula is C34H34F3N4O3P. The Morgan fingerprint density at radius 3 is 2.44 bits per heavy atom. The third-order valence-corrected chi connectivity index (χ3v) is 11.9. The first-order valence-corrected chi connectivity index (χ1v) is 17.5. The first-order chi connectivity index (χ1) is 21.4. The Labute approximate surface area is 259 Å². The van der Waals surface area contributed by atoms with Crippen molar-refractivity contribution >= 4 is 23.3 Å². The molecule has 0 saturated heterocycles. The van der Waals surface area contributed by atoms with Crippen molar-refractivity contribution in [3.8, 4) is 28.4 Å². The van der Waals surface area contributed by atoms with Gasteiger partial charge in [-0.3, -0.25) is 4.68 Å². The minimum Gasteiger partial charge on any atom is -0.405 e. The molecule has 0 spiro atoms. The van der Waals surface area contributed by atoms with Crippen LogP contribution in [0.1, 0.15) is 55.8 Å². The number of hydrogen-bond donors (Lipinski definition) is 1. The number of halogens is 3. The molecular weight excluding hydrogens is 600 g/mol. The molecule has 45 heavy (non-hydrogen) atoms. The van der Waals surface area contributed by atoms with Gasteiger partial charge in [0.1, 0.15) is 18.7 Å². The zero-order chi connectivity index (χ0) is 31.7. The smallest absolute Gasteiger partial charge is 0.405 e. The highest BCUT2D eigenvalue weighted by molar-refractivity contribution is 7.70. The van der Waals surface area contributed by atoms with Crippen LogP contribution in [0.25, 0.3) is 33.5 Å². The van der Waals surface area contributed by atoms with Crippen molar-refractivity contribution in [3.05, 3.63) is 84.2 Å². The molecule has 11 heteroatoms. The van der Waals surface area contributed by atoms with E-state index in [-0.39, 0.29) is 17.5 Å². The van der Waals surface area contributed by atoms with Crippen molar-refractivity contribution in [1.29, 1.82) is 0 Å². The molecule has 3 aromatic carbocycles. The zero-order valence-electron chi connectivity index (χ0n) is 25.3. The standard InChI is InChI=1S/C34H34F3N4O3P/c1-4-45(3,43)24-15-16-26(29(17-24)44-34(35,36)37)32-38-30(31(40(32)2)21-13-14-21)25-11-8-12-28-27(25)20-41(39-28)23-18-33(42,19-23)22-9-6-5-7-10-22/h5-12,15-17,20-21,23,42H,4,13-14,18-19H2,1-3H3. The minimum absolute atomic E-state index is 0.0240. The van der Waals surface area contributed by atoms with E-state index in [9.17, 15) is 22.8 Å². The number of ether oxygens (including phenoxy) is 1. The van der Waals surface area contributed by atoms with Crippen molar-refractivity contribution in [3.63, 3.8) is 0 Å². The highest BCUT2D eigenvalue weighted by Gasteiger charge is 2.45. The van der Waals surface area contributed by atoms with Gasteiger partial charge in [-0.1, -0.05) is 55.5 Å². The Kier molecular flexibility index (Phi) is 7.02. The van der Waals surface area contributed by atoms with Crippen LogP contribution >= 0.6 is 7.14 Å². The minimum atomic E-state index is -4.93. The van der Waals surface area contributed by atoms with Gasteiger partial charge >= 0.3 is 6.36 Å². The van der Waals surface area contributed by atoms with Gasteiger partial charge in [-0.2, -0.15) is 5.10 Å². The quantitative estimate of drug-likeness (QED) is 0.177. The molecule has 234 valence electrons. The molecule has 0 bridgehead atoms. The monoisotopic (exact) mass is 634 g/mol. The van der Waals surface area contributed by atoms with Gasteiger partial charge < -0.3 is 19.0 Å². The molecule has 2 aliphatic rings. The van der Waals surface area contributed by atoms with Gasteiger partial charge in [-0.05, 0) is 43.3 Å². The van der Waals surface area contributed by atoms with Crippen molar-refractivity contribution in [2.75, 3.05) is 12.8 Å². The summed E-state index contributed by atoms with van der Waals surface area (Å²) in [5.41, 5.74) is 3.46. The van der Waals surface area contributed by atoms with Crippen LogP contribution in [0, 0.1) is 0 Å². The maximum absolute atomic E-state index is 13.6. The number of alkyl halides is 3. The molecule has 0 aliphatic heterocycles. The van der Waals surface area contributed by atoms with Crippen LogP contribution in [0.2, 0.25) is 0 Å². The van der Waals surface area contributed by atoms with E-state index >= 15 is 0 Å². The predicted octanol–water partition coefficient (Wildman–Crippen LogP) is 7.74. The average molecular weight is 635 g/mol. The van der Waals surface area contributed by atoms with Gasteiger partial charge in [0.2, 0.25) is 0 Å². The zero-order valence-corrected chi connectivity index (χ0v) is 26.1. The van der Waals surface area contributed by atoms with Crippen LogP contribution in [0.3, 0.4) is 0 Å². The normalized spacial score (nSPS) is 21.4. The fourth-order valence-electron chi connectivity index (χ4n) is 6.50. The van der Waals surface area contributed by atoms with Crippen molar-refractivity contribution in [2.24, 2.45) is 7.05 Å². The number of fused-ring (bicyclic) bond motifs is 1. The van der Waals surface area contributed by atoms with Crippen LogP contribution in [0.15, 0.2) is 72.9 Å². The Morgan fingerprint density at radius 1 is 1.04 bits per heavy atom. The van der Waals surface area contributed by atoms with Crippen LogP contribution in [-0.4, -0.2) is 43.6 Å². The third kappa shape index (κ3) is 5.38. The molecule has 0 radical (unpaired) electrons. The summed E-state index contributed by atoms with van der Waals surface area (Å²) in [6.07, 6.45) is 0.383. The molecule has 5 aromatic rings. The molecule has 1 atom stereocenters. The molecule has 1 unspecified atom stereocenters. The summed E-state index contributed by atoms with van der Waals surface area (Å²) >= 11 is 0. The number of aliphatic hydroxyl groups is 1. The Hall–Kier alpha value is -3.88. The topological polar surface area (TPSA) is 82.2 Å². The van der Waals surface area contributed by atoms with E-state index in [1.807, 2.05) is 71.0 Å². The van der Waals surface area contributed by atoms with Crippen LogP contribution in [0.4, 0.5) is 13.2 Å². The van der Waals surface area contributed by atoms with E-state index in [0.717, 1.165) is 40.6 Å². The van der Waals surface area contributed by atoms with Gasteiger partial charge in [-0.25, -0.2) is 4.98 Å². The lowest BCUT2D eigenvalue weighted by atomic mass is 9.71. The highest BCUT2D eigenvalue weighted by Crippen LogP contribution is 2.50. The highest BCUT2D eigenvalue weighted by atomic mass is 31.2. The molecule has 2 heterocycles. The predicted molar refractivity (Wildman–Crippen MR) is 168 cm³/mol. The molecule has 2 aliphatic carbocycles. The second kappa shape index (κ2) is 10.6. The first kappa shape index (κ1) is 29.8. The van der Waals surface area contributed by atoms with Crippen molar-refractivity contribution in [1.82, 2.24) is 19.3 Å². The van der Waals surface area contributed by atoms with E-state index in [1.54, 1.807) is 19.7 Å². The Morgan fingerprint density at radius 2 is 1.78 bits per heavy atom. The van der Waals surface area contributed by atoms with Crippen molar-refractivity contribution < 1.29 is 27.6 Å². The molecule has 0 amide bonds. The van der Waals surface area contributed by atoms with E-state index in [4.69, 9.17) is 10.1 Å². The van der Waals surface area contributed by atoms with Gasteiger partial charge in [-0.15, -0.1) is 13.2 Å². The SMILES string of the molecule is CCP(C)(=O)c1ccc(-c2nc(-c3cccc4nn(C5CC(O)(c6ccccc6)C5)cc34)c(C3CC3)n2C)c(OC(F)(F)F)c1. The largest absolute Gasteiger partial charge is 0.573 e. The number of hydrogen-bond acceptors (Lipinski definition) is 5. The fraction of sp³-hybridized carbons (Fsp3) is 0.353. The van der Waals surface area contributed by atoms with Gasteiger partial charge in [0.25, 0.3) is 0 Å². The number of nitrogens with zero attached hydrogens (tertiary/aromatic N) is 4. The molecule has 2 saturated carbocycles.